The van der Waals surface area contributed by atoms with E-state index in [1.54, 1.807) is 7.05 Å². The van der Waals surface area contributed by atoms with Gasteiger partial charge in [-0.3, -0.25) is 9.79 Å². The third-order valence-electron chi connectivity index (χ3n) is 3.85. The second-order valence-corrected chi connectivity index (χ2v) is 7.04. The van der Waals surface area contributed by atoms with Gasteiger partial charge in [0.05, 0.1) is 13.0 Å². The number of hydrogen-bond acceptors (Lipinski definition) is 5. The number of aliphatic imine (C=N–C) groups is 1. The first kappa shape index (κ1) is 24.7. The van der Waals surface area contributed by atoms with Crippen LogP contribution in [0.5, 0.6) is 0 Å². The molecule has 0 unspecified atom stereocenters. The average Bonchev–Trinajstić information content (AvgIpc) is 2.56. The minimum Gasteiger partial charge on any atom is -0.469 e. The van der Waals surface area contributed by atoms with E-state index in [0.29, 0.717) is 13.1 Å². The number of rotatable bonds is 5. The Hall–Kier alpha value is -1.26. The molecule has 0 aromatic rings. The Labute approximate surface area is 173 Å². The fraction of sp³-hybridized carbons (Fsp3) is 0.824. The molecule has 1 rings (SSSR count). The summed E-state index contributed by atoms with van der Waals surface area (Å²) in [5.74, 6) is 0.675. The largest absolute Gasteiger partial charge is 0.469 e. The Morgan fingerprint density at radius 1 is 1.15 bits per heavy atom. The van der Waals surface area contributed by atoms with Gasteiger partial charge in [0.25, 0.3) is 0 Å². The number of esters is 1. The SMILES string of the molecule is CN=C(NCCCNC(=O)OC(C)(C)C)N1CCC(C(=O)OC)CC1.I. The van der Waals surface area contributed by atoms with E-state index in [2.05, 4.69) is 20.5 Å². The molecule has 1 saturated heterocycles. The monoisotopic (exact) mass is 484 g/mol. The number of nitrogens with zero attached hydrogens (tertiary/aromatic N) is 2. The van der Waals surface area contributed by atoms with Gasteiger partial charge in [0.1, 0.15) is 5.60 Å². The van der Waals surface area contributed by atoms with Crippen LogP contribution in [0.3, 0.4) is 0 Å². The van der Waals surface area contributed by atoms with Gasteiger partial charge in [-0.25, -0.2) is 4.79 Å². The van der Waals surface area contributed by atoms with Gasteiger partial charge in [0.2, 0.25) is 0 Å². The Bertz CT molecular complexity index is 472. The van der Waals surface area contributed by atoms with E-state index in [1.807, 2.05) is 20.8 Å². The molecular weight excluding hydrogens is 451 g/mol. The van der Waals surface area contributed by atoms with Crippen molar-refractivity contribution in [2.75, 3.05) is 40.3 Å². The second kappa shape index (κ2) is 12.2. The zero-order chi connectivity index (χ0) is 18.9. The Morgan fingerprint density at radius 3 is 2.23 bits per heavy atom. The molecule has 9 heteroatoms. The number of hydrogen-bond donors (Lipinski definition) is 2. The molecule has 0 aromatic heterocycles. The Kier molecular flexibility index (Phi) is 11.6. The molecule has 0 atom stereocenters. The number of piperidine rings is 1. The topological polar surface area (TPSA) is 92.3 Å². The number of nitrogens with one attached hydrogen (secondary N) is 2. The van der Waals surface area contributed by atoms with Crippen LogP contribution in [0.1, 0.15) is 40.0 Å². The van der Waals surface area contributed by atoms with Crippen molar-refractivity contribution in [3.8, 4) is 0 Å². The van der Waals surface area contributed by atoms with Gasteiger partial charge in [0.15, 0.2) is 5.96 Å². The van der Waals surface area contributed by atoms with Crippen molar-refractivity contribution in [3.05, 3.63) is 0 Å². The van der Waals surface area contributed by atoms with Crippen molar-refractivity contribution in [2.24, 2.45) is 10.9 Å². The van der Waals surface area contributed by atoms with Crippen LogP contribution in [0.25, 0.3) is 0 Å². The summed E-state index contributed by atoms with van der Waals surface area (Å²) >= 11 is 0. The molecular formula is C17H33IN4O4. The number of guanidine groups is 1. The summed E-state index contributed by atoms with van der Waals surface area (Å²) in [6, 6.07) is 0. The highest BCUT2D eigenvalue weighted by Gasteiger charge is 2.26. The van der Waals surface area contributed by atoms with Crippen LogP contribution < -0.4 is 10.6 Å². The maximum atomic E-state index is 11.6. The molecule has 0 aromatic carbocycles. The zero-order valence-corrected chi connectivity index (χ0v) is 18.8. The maximum absolute atomic E-state index is 11.6. The molecule has 152 valence electrons. The van der Waals surface area contributed by atoms with E-state index in [1.165, 1.54) is 7.11 Å². The molecule has 0 aliphatic carbocycles. The van der Waals surface area contributed by atoms with Gasteiger partial charge in [0, 0.05) is 33.2 Å². The lowest BCUT2D eigenvalue weighted by molar-refractivity contribution is -0.146. The van der Waals surface area contributed by atoms with Gasteiger partial charge >= 0.3 is 12.1 Å². The highest BCUT2D eigenvalue weighted by molar-refractivity contribution is 14.0. The fourth-order valence-corrected chi connectivity index (χ4v) is 2.62. The van der Waals surface area contributed by atoms with Crippen molar-refractivity contribution in [3.63, 3.8) is 0 Å². The number of halogens is 1. The zero-order valence-electron chi connectivity index (χ0n) is 16.5. The number of amides is 1. The molecule has 0 spiro atoms. The smallest absolute Gasteiger partial charge is 0.407 e. The van der Waals surface area contributed by atoms with E-state index >= 15 is 0 Å². The van der Waals surface area contributed by atoms with Crippen LogP contribution in [0.15, 0.2) is 4.99 Å². The molecule has 1 heterocycles. The van der Waals surface area contributed by atoms with Crippen molar-refractivity contribution < 1.29 is 19.1 Å². The summed E-state index contributed by atoms with van der Waals surface area (Å²) in [6.45, 7) is 8.28. The van der Waals surface area contributed by atoms with Crippen LogP contribution in [0.2, 0.25) is 0 Å². The maximum Gasteiger partial charge on any atom is 0.407 e. The van der Waals surface area contributed by atoms with E-state index in [-0.39, 0.29) is 35.9 Å². The molecule has 8 nitrogen and oxygen atoms in total. The molecule has 1 aliphatic rings. The normalized spacial score (nSPS) is 15.7. The van der Waals surface area contributed by atoms with Crippen LogP contribution >= 0.6 is 24.0 Å². The minimum atomic E-state index is -0.485. The van der Waals surface area contributed by atoms with Crippen LogP contribution in [0, 0.1) is 5.92 Å². The lowest BCUT2D eigenvalue weighted by atomic mass is 9.97. The van der Waals surface area contributed by atoms with Gasteiger partial charge in [-0.1, -0.05) is 0 Å². The number of alkyl carbamates (subject to hydrolysis) is 1. The Morgan fingerprint density at radius 2 is 1.73 bits per heavy atom. The molecule has 26 heavy (non-hydrogen) atoms. The molecule has 1 fully saturated rings. The van der Waals surface area contributed by atoms with Crippen molar-refractivity contribution in [2.45, 2.75) is 45.6 Å². The van der Waals surface area contributed by atoms with Gasteiger partial charge in [-0.15, -0.1) is 24.0 Å². The number of methoxy groups -OCH3 is 1. The van der Waals surface area contributed by atoms with Gasteiger partial charge in [-0.05, 0) is 40.0 Å². The number of likely N-dealkylation sites (tertiary alicyclic amines) is 1. The summed E-state index contributed by atoms with van der Waals surface area (Å²) in [7, 11) is 3.17. The van der Waals surface area contributed by atoms with Gasteiger partial charge < -0.3 is 25.0 Å². The molecule has 0 radical (unpaired) electrons. The number of carbonyl (C=O) groups excluding carboxylic acids is 2. The van der Waals surface area contributed by atoms with Crippen molar-refractivity contribution >= 4 is 42.0 Å². The lowest BCUT2D eigenvalue weighted by Crippen LogP contribution is -2.47. The van der Waals surface area contributed by atoms with Crippen LogP contribution in [0.4, 0.5) is 4.79 Å². The summed E-state index contributed by atoms with van der Waals surface area (Å²) in [6.07, 6.45) is 1.90. The number of carbonyl (C=O) groups is 2. The predicted molar refractivity (Wildman–Crippen MR) is 112 cm³/mol. The van der Waals surface area contributed by atoms with Crippen molar-refractivity contribution in [1.29, 1.82) is 0 Å². The first-order valence-corrected chi connectivity index (χ1v) is 8.77. The molecule has 0 bridgehead atoms. The standard InChI is InChI=1S/C17H32N4O4.HI/c1-17(2,3)25-16(23)20-10-6-9-19-15(18-4)21-11-7-13(8-12-21)14(22)24-5;/h13H,6-12H2,1-5H3,(H,18,19)(H,20,23);1H. The summed E-state index contributed by atoms with van der Waals surface area (Å²) < 4.78 is 9.99. The molecule has 0 saturated carbocycles. The van der Waals surface area contributed by atoms with E-state index in [4.69, 9.17) is 9.47 Å². The Balaban J connectivity index is 0.00000625. The summed E-state index contributed by atoms with van der Waals surface area (Å²) in [5, 5.41) is 6.02. The van der Waals surface area contributed by atoms with E-state index in [9.17, 15) is 9.59 Å². The minimum absolute atomic E-state index is 0. The highest BCUT2D eigenvalue weighted by atomic mass is 127. The van der Waals surface area contributed by atoms with Crippen LogP contribution in [-0.4, -0.2) is 68.9 Å². The molecule has 1 amide bonds. The average molecular weight is 484 g/mol. The second-order valence-electron chi connectivity index (χ2n) is 7.04. The van der Waals surface area contributed by atoms with Crippen LogP contribution in [-0.2, 0) is 14.3 Å². The highest BCUT2D eigenvalue weighted by Crippen LogP contribution is 2.18. The van der Waals surface area contributed by atoms with Gasteiger partial charge in [-0.2, -0.15) is 0 Å². The van der Waals surface area contributed by atoms with Crippen molar-refractivity contribution in [1.82, 2.24) is 15.5 Å². The summed E-state index contributed by atoms with van der Waals surface area (Å²) in [4.78, 5) is 29.5. The fourth-order valence-electron chi connectivity index (χ4n) is 2.62. The predicted octanol–water partition coefficient (Wildman–Crippen LogP) is 1.98. The molecule has 1 aliphatic heterocycles. The quantitative estimate of drug-likeness (QED) is 0.204. The first-order chi connectivity index (χ1) is 11.8. The third-order valence-corrected chi connectivity index (χ3v) is 3.85. The lowest BCUT2D eigenvalue weighted by Gasteiger charge is -2.33. The number of ether oxygens (including phenoxy) is 2. The first-order valence-electron chi connectivity index (χ1n) is 8.77. The third kappa shape index (κ3) is 9.44. The molecule has 2 N–H and O–H groups in total. The van der Waals surface area contributed by atoms with E-state index < -0.39 is 11.7 Å². The van der Waals surface area contributed by atoms with E-state index in [0.717, 1.165) is 38.3 Å². The summed E-state index contributed by atoms with van der Waals surface area (Å²) in [5.41, 5.74) is -0.485.